The Labute approximate surface area is 87.3 Å². The van der Waals surface area contributed by atoms with Gasteiger partial charge >= 0.3 is 5.97 Å². The molecule has 76 valence electrons. The minimum Gasteiger partial charge on any atom is -0.479 e. The molecule has 0 aromatic heterocycles. The van der Waals surface area contributed by atoms with E-state index < -0.39 is 12.1 Å². The second-order valence-corrected chi connectivity index (χ2v) is 3.42. The molecule has 0 heterocycles. The smallest absolute Gasteiger partial charge is 0.344 e. The molecular weight excluding hydrogens is 204 g/mol. The van der Waals surface area contributed by atoms with E-state index in [1.54, 1.807) is 18.2 Å². The van der Waals surface area contributed by atoms with Gasteiger partial charge in [0.1, 0.15) is 5.75 Å². The van der Waals surface area contributed by atoms with Gasteiger partial charge in [0.25, 0.3) is 0 Å². The quantitative estimate of drug-likeness (QED) is 0.841. The Kier molecular flexibility index (Phi) is 3.36. The molecule has 4 heteroatoms. The maximum atomic E-state index is 10.5. The number of carbonyl (C=O) groups is 1. The molecule has 0 bridgehead atoms. The Morgan fingerprint density at radius 1 is 1.57 bits per heavy atom. The highest BCUT2D eigenvalue weighted by atomic mass is 35.5. The van der Waals surface area contributed by atoms with Gasteiger partial charge in [0.05, 0.1) is 0 Å². The van der Waals surface area contributed by atoms with Gasteiger partial charge in [0.2, 0.25) is 0 Å². The largest absolute Gasteiger partial charge is 0.479 e. The minimum atomic E-state index is -0.988. The molecule has 0 radical (unpaired) electrons. The van der Waals surface area contributed by atoms with Crippen molar-refractivity contribution in [1.29, 1.82) is 0 Å². The van der Waals surface area contributed by atoms with Crippen LogP contribution in [-0.4, -0.2) is 17.2 Å². The molecule has 0 aliphatic heterocycles. The summed E-state index contributed by atoms with van der Waals surface area (Å²) in [7, 11) is 0. The van der Waals surface area contributed by atoms with Gasteiger partial charge in [-0.1, -0.05) is 11.6 Å². The molecule has 0 saturated carbocycles. The van der Waals surface area contributed by atoms with Gasteiger partial charge < -0.3 is 9.84 Å². The van der Waals surface area contributed by atoms with Gasteiger partial charge in [0.15, 0.2) is 6.10 Å². The molecule has 0 aliphatic rings. The van der Waals surface area contributed by atoms with Gasteiger partial charge in [-0.05, 0) is 37.6 Å². The van der Waals surface area contributed by atoms with E-state index in [-0.39, 0.29) is 0 Å². The summed E-state index contributed by atoms with van der Waals surface area (Å²) < 4.78 is 5.15. The van der Waals surface area contributed by atoms with Crippen LogP contribution in [-0.2, 0) is 4.79 Å². The fraction of sp³-hybridized carbons (Fsp3) is 0.300. The van der Waals surface area contributed by atoms with E-state index in [2.05, 4.69) is 0 Å². The van der Waals surface area contributed by atoms with Crippen molar-refractivity contribution in [3.63, 3.8) is 0 Å². The topological polar surface area (TPSA) is 46.5 Å². The molecule has 1 atom stereocenters. The highest BCUT2D eigenvalue weighted by molar-refractivity contribution is 6.31. The molecule has 3 nitrogen and oxygen atoms in total. The SMILES string of the molecule is Cc1cc(O[C@@H](C)C(=O)O)ccc1Cl. The Morgan fingerprint density at radius 2 is 2.21 bits per heavy atom. The van der Waals surface area contributed by atoms with Crippen LogP contribution in [0.15, 0.2) is 18.2 Å². The molecule has 0 fully saturated rings. The van der Waals surface area contributed by atoms with E-state index in [1.807, 2.05) is 6.92 Å². The van der Waals surface area contributed by atoms with Crippen LogP contribution < -0.4 is 4.74 Å². The number of ether oxygens (including phenoxy) is 1. The maximum Gasteiger partial charge on any atom is 0.344 e. The van der Waals surface area contributed by atoms with E-state index in [0.717, 1.165) is 5.56 Å². The van der Waals surface area contributed by atoms with Crippen LogP contribution in [0, 0.1) is 6.92 Å². The Bertz CT molecular complexity index is 349. The molecule has 1 rings (SSSR count). The summed E-state index contributed by atoms with van der Waals surface area (Å²) in [5, 5.41) is 9.26. The van der Waals surface area contributed by atoms with Crippen LogP contribution in [0.3, 0.4) is 0 Å². The lowest BCUT2D eigenvalue weighted by atomic mass is 10.2. The first-order valence-corrected chi connectivity index (χ1v) is 4.54. The van der Waals surface area contributed by atoms with E-state index in [1.165, 1.54) is 6.92 Å². The molecule has 1 N–H and O–H groups in total. The van der Waals surface area contributed by atoms with Crippen molar-refractivity contribution in [2.75, 3.05) is 0 Å². The van der Waals surface area contributed by atoms with Gasteiger partial charge in [-0.2, -0.15) is 0 Å². The van der Waals surface area contributed by atoms with Crippen molar-refractivity contribution in [3.05, 3.63) is 28.8 Å². The standard InChI is InChI=1S/C10H11ClO3/c1-6-5-8(3-4-9(6)11)14-7(2)10(12)13/h3-5,7H,1-2H3,(H,12,13)/t7-/m0/s1. The van der Waals surface area contributed by atoms with Crippen LogP contribution in [0.4, 0.5) is 0 Å². The monoisotopic (exact) mass is 214 g/mol. The van der Waals surface area contributed by atoms with Gasteiger partial charge in [-0.3, -0.25) is 0 Å². The lowest BCUT2D eigenvalue weighted by molar-refractivity contribution is -0.144. The minimum absolute atomic E-state index is 0.516. The Morgan fingerprint density at radius 3 is 2.71 bits per heavy atom. The predicted molar refractivity (Wildman–Crippen MR) is 53.9 cm³/mol. The molecule has 0 spiro atoms. The summed E-state index contributed by atoms with van der Waals surface area (Å²) in [4.78, 5) is 10.5. The van der Waals surface area contributed by atoms with Gasteiger partial charge in [-0.25, -0.2) is 4.79 Å². The number of benzene rings is 1. The number of hydrogen-bond donors (Lipinski definition) is 1. The van der Waals surface area contributed by atoms with Crippen molar-refractivity contribution < 1.29 is 14.6 Å². The van der Waals surface area contributed by atoms with Crippen molar-refractivity contribution in [2.24, 2.45) is 0 Å². The number of rotatable bonds is 3. The fourth-order valence-electron chi connectivity index (χ4n) is 0.945. The zero-order chi connectivity index (χ0) is 10.7. The van der Waals surface area contributed by atoms with Crippen LogP contribution in [0.5, 0.6) is 5.75 Å². The second kappa shape index (κ2) is 4.33. The van der Waals surface area contributed by atoms with E-state index in [4.69, 9.17) is 21.4 Å². The summed E-state index contributed by atoms with van der Waals surface area (Å²) >= 11 is 5.81. The average molecular weight is 215 g/mol. The van der Waals surface area contributed by atoms with Crippen LogP contribution in [0.2, 0.25) is 5.02 Å². The van der Waals surface area contributed by atoms with Gasteiger partial charge in [-0.15, -0.1) is 0 Å². The summed E-state index contributed by atoms with van der Waals surface area (Å²) in [5.41, 5.74) is 0.863. The van der Waals surface area contributed by atoms with Crippen molar-refractivity contribution in [3.8, 4) is 5.75 Å². The van der Waals surface area contributed by atoms with Crippen LogP contribution in [0.1, 0.15) is 12.5 Å². The number of hydrogen-bond acceptors (Lipinski definition) is 2. The number of carboxylic acids is 1. The summed E-state index contributed by atoms with van der Waals surface area (Å²) in [6.45, 7) is 3.31. The zero-order valence-corrected chi connectivity index (χ0v) is 8.71. The molecule has 1 aromatic carbocycles. The predicted octanol–water partition coefficient (Wildman–Crippen LogP) is 2.50. The third-order valence-electron chi connectivity index (χ3n) is 1.79. The van der Waals surface area contributed by atoms with Crippen LogP contribution in [0.25, 0.3) is 0 Å². The lowest BCUT2D eigenvalue weighted by Gasteiger charge is -2.10. The lowest BCUT2D eigenvalue weighted by Crippen LogP contribution is -2.22. The Hall–Kier alpha value is -1.22. The first-order valence-electron chi connectivity index (χ1n) is 4.16. The van der Waals surface area contributed by atoms with E-state index >= 15 is 0 Å². The van der Waals surface area contributed by atoms with Crippen molar-refractivity contribution >= 4 is 17.6 Å². The second-order valence-electron chi connectivity index (χ2n) is 3.01. The molecule has 1 aromatic rings. The first kappa shape index (κ1) is 10.9. The summed E-state index contributed by atoms with van der Waals surface area (Å²) in [6.07, 6.45) is -0.851. The van der Waals surface area contributed by atoms with Crippen molar-refractivity contribution in [2.45, 2.75) is 20.0 Å². The van der Waals surface area contributed by atoms with E-state index in [9.17, 15) is 4.79 Å². The molecule has 0 aliphatic carbocycles. The van der Waals surface area contributed by atoms with E-state index in [0.29, 0.717) is 10.8 Å². The highest BCUT2D eigenvalue weighted by Crippen LogP contribution is 2.21. The number of aryl methyl sites for hydroxylation is 1. The zero-order valence-electron chi connectivity index (χ0n) is 7.95. The fourth-order valence-corrected chi connectivity index (χ4v) is 1.06. The normalized spacial score (nSPS) is 12.2. The molecule has 14 heavy (non-hydrogen) atoms. The average Bonchev–Trinajstić information content (AvgIpc) is 2.11. The Balaban J connectivity index is 2.78. The maximum absolute atomic E-state index is 10.5. The number of halogens is 1. The number of aliphatic carboxylic acids is 1. The highest BCUT2D eigenvalue weighted by Gasteiger charge is 2.12. The molecule has 0 amide bonds. The first-order chi connectivity index (χ1) is 6.50. The summed E-state index contributed by atoms with van der Waals surface area (Å²) in [5.74, 6) is -0.473. The molecule has 0 saturated heterocycles. The van der Waals surface area contributed by atoms with Crippen LogP contribution >= 0.6 is 11.6 Å². The third kappa shape index (κ3) is 2.64. The third-order valence-corrected chi connectivity index (χ3v) is 2.21. The molecule has 0 unspecified atom stereocenters. The molecular formula is C10H11ClO3. The van der Waals surface area contributed by atoms with Crippen molar-refractivity contribution in [1.82, 2.24) is 0 Å². The summed E-state index contributed by atoms with van der Waals surface area (Å²) in [6, 6.07) is 5.04. The van der Waals surface area contributed by atoms with Gasteiger partial charge in [0, 0.05) is 5.02 Å². The number of carboxylic acid groups (broad SMARTS) is 1.